The molecule has 34 heavy (non-hydrogen) atoms. The lowest BCUT2D eigenvalue weighted by Gasteiger charge is -2.14. The van der Waals surface area contributed by atoms with Crippen molar-refractivity contribution in [1.82, 2.24) is 14.8 Å². The zero-order valence-electron chi connectivity index (χ0n) is 19.1. The first-order valence-corrected chi connectivity index (χ1v) is 11.0. The number of nitrogens with one attached hydrogen (secondary N) is 1. The molecular weight excluding hydrogens is 464 g/mol. The van der Waals surface area contributed by atoms with Crippen LogP contribution in [0.4, 0.5) is 5.13 Å². The largest absolute Gasteiger partial charge is 0.493 e. The van der Waals surface area contributed by atoms with Gasteiger partial charge in [-0.2, -0.15) is 5.10 Å². The number of methoxy groups -OCH3 is 3. The smallest absolute Gasteiger partial charge is 0.311 e. The summed E-state index contributed by atoms with van der Waals surface area (Å²) in [5, 5.41) is 8.88. The average Bonchev–Trinajstić information content (AvgIpc) is 3.25. The van der Waals surface area contributed by atoms with E-state index in [1.165, 1.54) is 38.7 Å². The first-order chi connectivity index (χ1) is 16.4. The van der Waals surface area contributed by atoms with Gasteiger partial charge in [-0.1, -0.05) is 0 Å². The van der Waals surface area contributed by atoms with Crippen LogP contribution in [0, 0.1) is 0 Å². The van der Waals surface area contributed by atoms with Gasteiger partial charge in [0.05, 0.1) is 45.7 Å². The molecule has 12 heteroatoms. The number of amides is 1. The summed E-state index contributed by atoms with van der Waals surface area (Å²) < 4.78 is 22.0. The molecule has 180 valence electrons. The molecule has 0 saturated carbocycles. The van der Waals surface area contributed by atoms with Gasteiger partial charge >= 0.3 is 5.97 Å². The van der Waals surface area contributed by atoms with Gasteiger partial charge in [-0.3, -0.25) is 14.4 Å². The van der Waals surface area contributed by atoms with Gasteiger partial charge in [0.15, 0.2) is 16.6 Å². The first kappa shape index (κ1) is 24.7. The van der Waals surface area contributed by atoms with Crippen molar-refractivity contribution in [3.63, 3.8) is 0 Å². The normalized spacial score (nSPS) is 10.5. The predicted octanol–water partition coefficient (Wildman–Crippen LogP) is 2.14. The summed E-state index contributed by atoms with van der Waals surface area (Å²) in [5.74, 6) is 0.388. The van der Waals surface area contributed by atoms with Crippen LogP contribution >= 0.6 is 11.3 Å². The minimum atomic E-state index is -0.492. The Morgan fingerprint density at radius 2 is 1.79 bits per heavy atom. The molecule has 0 atom stereocenters. The van der Waals surface area contributed by atoms with Crippen LogP contribution in [0.15, 0.2) is 34.4 Å². The van der Waals surface area contributed by atoms with E-state index in [0.29, 0.717) is 39.3 Å². The van der Waals surface area contributed by atoms with E-state index in [2.05, 4.69) is 15.4 Å². The Hall–Kier alpha value is -3.93. The third-order valence-electron chi connectivity index (χ3n) is 4.55. The van der Waals surface area contributed by atoms with E-state index in [-0.39, 0.29) is 19.6 Å². The number of aromatic nitrogens is 3. The maximum absolute atomic E-state index is 12.5. The zero-order valence-corrected chi connectivity index (χ0v) is 19.9. The Labute approximate surface area is 199 Å². The number of hydrogen-bond donors (Lipinski definition) is 1. The Balaban J connectivity index is 1.77. The highest BCUT2D eigenvalue weighted by atomic mass is 32.1. The predicted molar refractivity (Wildman–Crippen MR) is 125 cm³/mol. The van der Waals surface area contributed by atoms with Gasteiger partial charge in [-0.15, -0.1) is 11.3 Å². The van der Waals surface area contributed by atoms with Gasteiger partial charge in [0.25, 0.3) is 5.56 Å². The van der Waals surface area contributed by atoms with E-state index in [9.17, 15) is 14.4 Å². The van der Waals surface area contributed by atoms with E-state index < -0.39 is 17.4 Å². The molecule has 0 radical (unpaired) electrons. The maximum Gasteiger partial charge on any atom is 0.311 e. The van der Waals surface area contributed by atoms with E-state index in [1.807, 2.05) is 0 Å². The summed E-state index contributed by atoms with van der Waals surface area (Å²) in [4.78, 5) is 40.6. The van der Waals surface area contributed by atoms with Gasteiger partial charge < -0.3 is 24.3 Å². The third-order valence-corrected chi connectivity index (χ3v) is 5.36. The first-order valence-electron chi connectivity index (χ1n) is 10.2. The Kier molecular flexibility index (Phi) is 8.19. The molecule has 0 bridgehead atoms. The minimum Gasteiger partial charge on any atom is -0.493 e. The topological polar surface area (TPSA) is 131 Å². The average molecular weight is 489 g/mol. The molecule has 0 fully saturated rings. The second-order valence-electron chi connectivity index (χ2n) is 6.80. The number of ether oxygens (including phenoxy) is 4. The van der Waals surface area contributed by atoms with Crippen LogP contribution in [0.1, 0.15) is 12.6 Å². The summed E-state index contributed by atoms with van der Waals surface area (Å²) >= 11 is 1.17. The monoisotopic (exact) mass is 488 g/mol. The number of thiazole rings is 1. The molecule has 0 aliphatic heterocycles. The van der Waals surface area contributed by atoms with Gasteiger partial charge in [0.1, 0.15) is 6.54 Å². The van der Waals surface area contributed by atoms with Crippen molar-refractivity contribution in [2.24, 2.45) is 0 Å². The molecule has 2 heterocycles. The fraction of sp³-hybridized carbons (Fsp3) is 0.318. The quantitative estimate of drug-likeness (QED) is 0.426. The van der Waals surface area contributed by atoms with Gasteiger partial charge in [-0.25, -0.2) is 9.67 Å². The lowest BCUT2D eigenvalue weighted by molar-refractivity contribution is -0.142. The molecule has 3 rings (SSSR count). The SMILES string of the molecule is CCOC(=O)Cc1csc(NC(=O)Cn2nc(-c3cc(OC)c(OC)c(OC)c3)ccc2=O)n1. The molecule has 2 aromatic heterocycles. The second kappa shape index (κ2) is 11.3. The molecule has 0 unspecified atom stereocenters. The van der Waals surface area contributed by atoms with Crippen molar-refractivity contribution in [1.29, 1.82) is 0 Å². The molecule has 0 saturated heterocycles. The number of anilines is 1. The standard InChI is InChI=1S/C22H24N4O7S/c1-5-33-20(29)10-14-12-34-22(23-14)24-18(27)11-26-19(28)7-6-15(25-26)13-8-16(30-2)21(32-4)17(9-13)31-3/h6-9,12H,5,10-11H2,1-4H3,(H,23,24,27). The number of esters is 1. The van der Waals surface area contributed by atoms with Crippen LogP contribution < -0.4 is 25.1 Å². The number of nitrogens with zero attached hydrogens (tertiary/aromatic N) is 3. The number of benzene rings is 1. The van der Waals surface area contributed by atoms with E-state index in [4.69, 9.17) is 18.9 Å². The zero-order chi connectivity index (χ0) is 24.7. The molecular formula is C22H24N4O7S. The summed E-state index contributed by atoms with van der Waals surface area (Å²) in [6.45, 7) is 1.67. The van der Waals surface area contributed by atoms with Crippen LogP contribution in [0.5, 0.6) is 17.2 Å². The number of hydrogen-bond acceptors (Lipinski definition) is 10. The molecule has 11 nitrogen and oxygen atoms in total. The van der Waals surface area contributed by atoms with Gasteiger partial charge in [0, 0.05) is 17.0 Å². The molecule has 0 spiro atoms. The lowest BCUT2D eigenvalue weighted by atomic mass is 10.1. The Morgan fingerprint density at radius 1 is 1.09 bits per heavy atom. The van der Waals surface area contributed by atoms with E-state index >= 15 is 0 Å². The fourth-order valence-electron chi connectivity index (χ4n) is 3.05. The van der Waals surface area contributed by atoms with Crippen molar-refractivity contribution in [2.75, 3.05) is 33.3 Å². The van der Waals surface area contributed by atoms with Crippen LogP contribution in [0.3, 0.4) is 0 Å². The number of rotatable bonds is 10. The maximum atomic E-state index is 12.5. The van der Waals surface area contributed by atoms with E-state index in [1.54, 1.807) is 30.5 Å². The third kappa shape index (κ3) is 5.90. The lowest BCUT2D eigenvalue weighted by Crippen LogP contribution is -2.29. The fourth-order valence-corrected chi connectivity index (χ4v) is 3.77. The van der Waals surface area contributed by atoms with E-state index in [0.717, 1.165) is 4.68 Å². The second-order valence-corrected chi connectivity index (χ2v) is 7.66. The van der Waals surface area contributed by atoms with Crippen LogP contribution in [0.2, 0.25) is 0 Å². The van der Waals surface area contributed by atoms with Crippen molar-refractivity contribution < 1.29 is 28.5 Å². The van der Waals surface area contributed by atoms with Crippen molar-refractivity contribution in [3.8, 4) is 28.5 Å². The summed E-state index contributed by atoms with van der Waals surface area (Å²) in [7, 11) is 4.49. The Bertz CT molecular complexity index is 1210. The highest BCUT2D eigenvalue weighted by molar-refractivity contribution is 7.13. The van der Waals surface area contributed by atoms with Crippen molar-refractivity contribution >= 4 is 28.3 Å². The number of carbonyl (C=O) groups excluding carboxylic acids is 2. The summed E-state index contributed by atoms with van der Waals surface area (Å²) in [5.41, 5.74) is 1.07. The van der Waals surface area contributed by atoms with Crippen LogP contribution in [0.25, 0.3) is 11.3 Å². The molecule has 1 aromatic carbocycles. The van der Waals surface area contributed by atoms with Crippen LogP contribution in [-0.2, 0) is 27.3 Å². The number of carbonyl (C=O) groups is 2. The molecule has 0 aliphatic rings. The van der Waals surface area contributed by atoms with Gasteiger partial charge in [0.2, 0.25) is 11.7 Å². The molecule has 1 N–H and O–H groups in total. The van der Waals surface area contributed by atoms with Crippen molar-refractivity contribution in [3.05, 3.63) is 45.7 Å². The highest BCUT2D eigenvalue weighted by Gasteiger charge is 2.16. The van der Waals surface area contributed by atoms with Crippen LogP contribution in [-0.4, -0.2) is 54.6 Å². The molecule has 0 aliphatic carbocycles. The Morgan fingerprint density at radius 3 is 2.41 bits per heavy atom. The highest BCUT2D eigenvalue weighted by Crippen LogP contribution is 2.40. The van der Waals surface area contributed by atoms with Crippen molar-refractivity contribution in [2.45, 2.75) is 19.9 Å². The summed E-state index contributed by atoms with van der Waals surface area (Å²) in [6, 6.07) is 6.25. The molecule has 3 aromatic rings. The minimum absolute atomic E-state index is 0.0120. The summed E-state index contributed by atoms with van der Waals surface area (Å²) in [6.07, 6.45) is 0.0120. The van der Waals surface area contributed by atoms with Gasteiger partial charge in [-0.05, 0) is 25.1 Å². The molecule has 1 amide bonds.